The molecule has 0 aliphatic carbocycles. The standard InChI is InChI=1S/C25H33N5O/c1-17(2)30-25-22(16-26-30)19(4)21(20(5)27-25)10-11-24(31)29-14-12-28(13-15-29)23-9-7-6-8-18(23)3/h6-9,16-17H,10-15H2,1-5H3. The van der Waals surface area contributed by atoms with Crippen LogP contribution in [0.3, 0.4) is 0 Å². The summed E-state index contributed by atoms with van der Waals surface area (Å²) in [5, 5.41) is 5.61. The Labute approximate surface area is 184 Å². The normalized spacial score (nSPS) is 14.6. The lowest BCUT2D eigenvalue weighted by molar-refractivity contribution is -0.131. The molecule has 164 valence electrons. The van der Waals surface area contributed by atoms with E-state index in [9.17, 15) is 4.79 Å². The van der Waals surface area contributed by atoms with Crippen molar-refractivity contribution in [2.24, 2.45) is 0 Å². The number of rotatable bonds is 5. The predicted molar refractivity (Wildman–Crippen MR) is 126 cm³/mol. The van der Waals surface area contributed by atoms with Gasteiger partial charge in [-0.1, -0.05) is 18.2 Å². The second-order valence-corrected chi connectivity index (χ2v) is 8.88. The molecule has 0 radical (unpaired) electrons. The summed E-state index contributed by atoms with van der Waals surface area (Å²) in [6.07, 6.45) is 3.16. The lowest BCUT2D eigenvalue weighted by Crippen LogP contribution is -2.49. The highest BCUT2D eigenvalue weighted by molar-refractivity contribution is 5.81. The third-order valence-electron chi connectivity index (χ3n) is 6.50. The van der Waals surface area contributed by atoms with Crippen LogP contribution < -0.4 is 4.90 Å². The molecule has 3 heterocycles. The van der Waals surface area contributed by atoms with E-state index in [4.69, 9.17) is 4.98 Å². The Morgan fingerprint density at radius 3 is 2.45 bits per heavy atom. The second-order valence-electron chi connectivity index (χ2n) is 8.88. The van der Waals surface area contributed by atoms with Crippen LogP contribution in [0.5, 0.6) is 0 Å². The smallest absolute Gasteiger partial charge is 0.223 e. The molecule has 0 atom stereocenters. The second kappa shape index (κ2) is 8.69. The molecule has 1 saturated heterocycles. The van der Waals surface area contributed by atoms with Crippen molar-refractivity contribution in [2.75, 3.05) is 31.1 Å². The number of hydrogen-bond acceptors (Lipinski definition) is 4. The monoisotopic (exact) mass is 419 g/mol. The predicted octanol–water partition coefficient (Wildman–Crippen LogP) is 4.22. The Bertz CT molecular complexity index is 1090. The summed E-state index contributed by atoms with van der Waals surface area (Å²) in [5.41, 5.74) is 6.89. The number of anilines is 1. The molecular weight excluding hydrogens is 386 g/mol. The first-order valence-corrected chi connectivity index (χ1v) is 11.3. The topological polar surface area (TPSA) is 54.3 Å². The highest BCUT2D eigenvalue weighted by Crippen LogP contribution is 2.26. The third kappa shape index (κ3) is 4.16. The zero-order valence-electron chi connectivity index (χ0n) is 19.4. The van der Waals surface area contributed by atoms with E-state index in [0.29, 0.717) is 6.42 Å². The summed E-state index contributed by atoms with van der Waals surface area (Å²) in [7, 11) is 0. The third-order valence-corrected chi connectivity index (χ3v) is 6.50. The summed E-state index contributed by atoms with van der Waals surface area (Å²) in [5.74, 6) is 0.237. The number of aromatic nitrogens is 3. The number of para-hydroxylation sites is 1. The molecule has 1 amide bonds. The molecule has 4 rings (SSSR count). The lowest BCUT2D eigenvalue weighted by Gasteiger charge is -2.37. The Morgan fingerprint density at radius 1 is 1.06 bits per heavy atom. The molecule has 2 aromatic heterocycles. The minimum Gasteiger partial charge on any atom is -0.368 e. The maximum atomic E-state index is 12.9. The fourth-order valence-electron chi connectivity index (χ4n) is 4.64. The van der Waals surface area contributed by atoms with Crippen LogP contribution in [0.4, 0.5) is 5.69 Å². The lowest BCUT2D eigenvalue weighted by atomic mass is 10.00. The van der Waals surface area contributed by atoms with E-state index in [-0.39, 0.29) is 11.9 Å². The number of fused-ring (bicyclic) bond motifs is 1. The van der Waals surface area contributed by atoms with Crippen molar-refractivity contribution < 1.29 is 4.79 Å². The van der Waals surface area contributed by atoms with Gasteiger partial charge >= 0.3 is 0 Å². The molecule has 31 heavy (non-hydrogen) atoms. The van der Waals surface area contributed by atoms with Gasteiger partial charge in [0.05, 0.1) is 6.20 Å². The van der Waals surface area contributed by atoms with Crippen LogP contribution in [0, 0.1) is 20.8 Å². The molecule has 1 aliphatic heterocycles. The highest BCUT2D eigenvalue weighted by atomic mass is 16.2. The van der Waals surface area contributed by atoms with Gasteiger partial charge in [0.15, 0.2) is 5.65 Å². The Morgan fingerprint density at radius 2 is 1.77 bits per heavy atom. The molecule has 0 spiro atoms. The number of pyridine rings is 1. The Kier molecular flexibility index (Phi) is 5.99. The largest absolute Gasteiger partial charge is 0.368 e. The van der Waals surface area contributed by atoms with Crippen LogP contribution in [0.1, 0.15) is 48.7 Å². The molecule has 6 heteroatoms. The van der Waals surface area contributed by atoms with E-state index < -0.39 is 0 Å². The molecule has 0 unspecified atom stereocenters. The Hall–Kier alpha value is -2.89. The first-order chi connectivity index (χ1) is 14.9. The molecule has 0 N–H and O–H groups in total. The molecule has 1 fully saturated rings. The fraction of sp³-hybridized carbons (Fsp3) is 0.480. The van der Waals surface area contributed by atoms with Crippen LogP contribution >= 0.6 is 0 Å². The Balaban J connectivity index is 1.40. The van der Waals surface area contributed by atoms with Crippen molar-refractivity contribution in [3.05, 3.63) is 52.8 Å². The minimum absolute atomic E-state index is 0.237. The maximum absolute atomic E-state index is 12.9. The van der Waals surface area contributed by atoms with Gasteiger partial charge in [0, 0.05) is 55.4 Å². The highest BCUT2D eigenvalue weighted by Gasteiger charge is 2.23. The van der Waals surface area contributed by atoms with Crippen LogP contribution in [0.25, 0.3) is 11.0 Å². The van der Waals surface area contributed by atoms with Crippen molar-refractivity contribution >= 4 is 22.6 Å². The van der Waals surface area contributed by atoms with Crippen molar-refractivity contribution in [2.45, 2.75) is 53.5 Å². The van der Waals surface area contributed by atoms with E-state index in [1.807, 2.05) is 22.7 Å². The SMILES string of the molecule is Cc1ccccc1N1CCN(C(=O)CCc2c(C)nc3c(cnn3C(C)C)c2C)CC1. The van der Waals surface area contributed by atoms with Gasteiger partial charge in [-0.05, 0) is 63.8 Å². The van der Waals surface area contributed by atoms with E-state index >= 15 is 0 Å². The zero-order chi connectivity index (χ0) is 22.1. The van der Waals surface area contributed by atoms with E-state index in [1.165, 1.54) is 22.4 Å². The van der Waals surface area contributed by atoms with Gasteiger partial charge in [-0.3, -0.25) is 4.79 Å². The van der Waals surface area contributed by atoms with E-state index in [1.54, 1.807) is 0 Å². The number of nitrogens with zero attached hydrogens (tertiary/aromatic N) is 5. The average molecular weight is 420 g/mol. The molecule has 1 aromatic carbocycles. The number of hydrogen-bond donors (Lipinski definition) is 0. The van der Waals surface area contributed by atoms with Gasteiger partial charge in [0.2, 0.25) is 5.91 Å². The molecule has 1 aliphatic rings. The van der Waals surface area contributed by atoms with Crippen molar-refractivity contribution in [1.29, 1.82) is 0 Å². The number of carbonyl (C=O) groups excluding carboxylic acids is 1. The summed E-state index contributed by atoms with van der Waals surface area (Å²) in [6.45, 7) is 13.9. The van der Waals surface area contributed by atoms with Gasteiger partial charge in [0.1, 0.15) is 0 Å². The number of benzene rings is 1. The zero-order valence-corrected chi connectivity index (χ0v) is 19.4. The van der Waals surface area contributed by atoms with Crippen LogP contribution in [0.15, 0.2) is 30.5 Å². The maximum Gasteiger partial charge on any atom is 0.223 e. The van der Waals surface area contributed by atoms with E-state index in [2.05, 4.69) is 62.0 Å². The van der Waals surface area contributed by atoms with Gasteiger partial charge in [0.25, 0.3) is 0 Å². The molecule has 0 saturated carbocycles. The van der Waals surface area contributed by atoms with Crippen LogP contribution in [-0.4, -0.2) is 51.8 Å². The number of carbonyl (C=O) groups is 1. The average Bonchev–Trinajstić information content (AvgIpc) is 3.18. The summed E-state index contributed by atoms with van der Waals surface area (Å²) in [6, 6.07) is 8.74. The number of aryl methyl sites for hydroxylation is 3. The summed E-state index contributed by atoms with van der Waals surface area (Å²) >= 11 is 0. The first-order valence-electron chi connectivity index (χ1n) is 11.3. The molecule has 3 aromatic rings. The molecular formula is C25H33N5O. The summed E-state index contributed by atoms with van der Waals surface area (Å²) in [4.78, 5) is 22.2. The molecule has 0 bridgehead atoms. The van der Waals surface area contributed by atoms with Crippen molar-refractivity contribution in [3.8, 4) is 0 Å². The first kappa shape index (κ1) is 21.3. The van der Waals surface area contributed by atoms with E-state index in [0.717, 1.165) is 49.3 Å². The quantitative estimate of drug-likeness (QED) is 0.621. The van der Waals surface area contributed by atoms with Gasteiger partial charge < -0.3 is 9.80 Å². The molecule has 6 nitrogen and oxygen atoms in total. The van der Waals surface area contributed by atoms with Gasteiger partial charge in [-0.25, -0.2) is 9.67 Å². The van der Waals surface area contributed by atoms with Crippen LogP contribution in [-0.2, 0) is 11.2 Å². The number of amides is 1. The minimum atomic E-state index is 0.237. The number of piperazine rings is 1. The fourth-order valence-corrected chi connectivity index (χ4v) is 4.64. The van der Waals surface area contributed by atoms with Crippen molar-refractivity contribution in [3.63, 3.8) is 0 Å². The van der Waals surface area contributed by atoms with Gasteiger partial charge in [-0.2, -0.15) is 5.10 Å². The van der Waals surface area contributed by atoms with Crippen molar-refractivity contribution in [1.82, 2.24) is 19.7 Å². The summed E-state index contributed by atoms with van der Waals surface area (Å²) < 4.78 is 1.97. The van der Waals surface area contributed by atoms with Crippen LogP contribution in [0.2, 0.25) is 0 Å². The van der Waals surface area contributed by atoms with Gasteiger partial charge in [-0.15, -0.1) is 0 Å².